The number of esters is 1. The fraction of sp³-hybridized carbons (Fsp3) is 0.364. The number of rotatable bonds is 10. The third-order valence-corrected chi connectivity index (χ3v) is 4.76. The number of nitrogens with zero attached hydrogens (tertiary/aromatic N) is 2. The highest BCUT2D eigenvalue weighted by atomic mass is 16.5. The lowest BCUT2D eigenvalue weighted by molar-refractivity contribution is -0.138. The fourth-order valence-corrected chi connectivity index (χ4v) is 3.28. The summed E-state index contributed by atoms with van der Waals surface area (Å²) in [6.07, 6.45) is 2.01. The lowest BCUT2D eigenvalue weighted by atomic mass is 9.96. The van der Waals surface area contributed by atoms with Crippen LogP contribution < -0.4 is 18.9 Å². The molecule has 0 fully saturated rings. The molecule has 0 aliphatic rings. The van der Waals surface area contributed by atoms with Crippen molar-refractivity contribution >= 4 is 12.4 Å². The van der Waals surface area contributed by atoms with Gasteiger partial charge in [0.15, 0.2) is 11.5 Å². The van der Waals surface area contributed by atoms with Gasteiger partial charge in [0.2, 0.25) is 11.5 Å². The second kappa shape index (κ2) is 10.9. The molecular formula is C22H26N2O6. The quantitative estimate of drug-likeness (QED) is 0.194. The molecule has 0 heterocycles. The van der Waals surface area contributed by atoms with E-state index < -0.39 is 5.97 Å². The Morgan fingerprint density at radius 1 is 0.900 bits per heavy atom. The predicted octanol–water partition coefficient (Wildman–Crippen LogP) is 3.35. The van der Waals surface area contributed by atoms with Gasteiger partial charge in [-0.15, -0.1) is 4.79 Å². The lowest BCUT2D eigenvalue weighted by Crippen LogP contribution is -2.06. The molecule has 0 radical (unpaired) electrons. The molecule has 0 unspecified atom stereocenters. The molecule has 0 atom stereocenters. The minimum absolute atomic E-state index is 0.186. The third-order valence-electron chi connectivity index (χ3n) is 4.76. The van der Waals surface area contributed by atoms with Crippen LogP contribution in [0.3, 0.4) is 0 Å². The zero-order valence-electron chi connectivity index (χ0n) is 17.9. The average Bonchev–Trinajstić information content (AvgIpc) is 2.77. The SMILES string of the molecule is COc1c(C)c(Cc2ccc(CCC(=O)OC=[N+]=[N-])cc2)c(OC)c(OC)c1OC. The van der Waals surface area contributed by atoms with Crippen molar-refractivity contribution in [2.75, 3.05) is 28.4 Å². The smallest absolute Gasteiger partial charge is 0.446 e. The van der Waals surface area contributed by atoms with Gasteiger partial charge >= 0.3 is 12.4 Å². The number of aryl methyl sites for hydroxylation is 1. The van der Waals surface area contributed by atoms with E-state index in [4.69, 9.17) is 24.5 Å². The number of methoxy groups -OCH3 is 4. The molecule has 0 aliphatic carbocycles. The fourth-order valence-electron chi connectivity index (χ4n) is 3.28. The Bertz CT molecular complexity index is 934. The molecular weight excluding hydrogens is 388 g/mol. The van der Waals surface area contributed by atoms with Gasteiger partial charge in [0.25, 0.3) is 0 Å². The number of hydrogen-bond acceptors (Lipinski definition) is 6. The first-order chi connectivity index (χ1) is 14.5. The molecule has 2 aromatic carbocycles. The van der Waals surface area contributed by atoms with Gasteiger partial charge in [0, 0.05) is 17.5 Å². The Morgan fingerprint density at radius 2 is 1.43 bits per heavy atom. The molecule has 8 nitrogen and oxygen atoms in total. The Hall–Kier alpha value is -3.51. The van der Waals surface area contributed by atoms with Gasteiger partial charge < -0.3 is 29.2 Å². The largest absolute Gasteiger partial charge is 0.492 e. The summed E-state index contributed by atoms with van der Waals surface area (Å²) in [7, 11) is 6.30. The van der Waals surface area contributed by atoms with Gasteiger partial charge in [-0.25, -0.2) is 0 Å². The molecule has 2 aromatic rings. The van der Waals surface area contributed by atoms with Gasteiger partial charge in [-0.3, -0.25) is 4.79 Å². The zero-order valence-corrected chi connectivity index (χ0v) is 17.9. The molecule has 0 spiro atoms. The van der Waals surface area contributed by atoms with Crippen LogP contribution in [0.4, 0.5) is 0 Å². The van der Waals surface area contributed by atoms with E-state index in [1.807, 2.05) is 31.2 Å². The topological polar surface area (TPSA) is 99.6 Å². The number of hydrogen-bond donors (Lipinski definition) is 0. The van der Waals surface area contributed by atoms with Crippen molar-refractivity contribution in [2.45, 2.75) is 26.2 Å². The van der Waals surface area contributed by atoms with Crippen LogP contribution in [-0.2, 0) is 22.4 Å². The molecule has 0 amide bonds. The van der Waals surface area contributed by atoms with Crippen LogP contribution in [0.15, 0.2) is 24.3 Å². The second-order valence-electron chi connectivity index (χ2n) is 6.44. The molecule has 0 saturated carbocycles. The molecule has 2 rings (SSSR count). The summed E-state index contributed by atoms with van der Waals surface area (Å²) in [6.45, 7) is 1.95. The summed E-state index contributed by atoms with van der Waals surface area (Å²) in [6, 6.07) is 7.92. The first-order valence-electron chi connectivity index (χ1n) is 9.29. The lowest BCUT2D eigenvalue weighted by Gasteiger charge is -2.21. The molecule has 0 aliphatic heterocycles. The van der Waals surface area contributed by atoms with Gasteiger partial charge in [-0.1, -0.05) is 24.3 Å². The second-order valence-corrected chi connectivity index (χ2v) is 6.44. The van der Waals surface area contributed by atoms with Crippen molar-refractivity contribution in [1.29, 1.82) is 0 Å². The summed E-state index contributed by atoms with van der Waals surface area (Å²) in [5.74, 6) is 1.72. The first kappa shape index (κ1) is 22.8. The van der Waals surface area contributed by atoms with Crippen LogP contribution >= 0.6 is 0 Å². The van der Waals surface area contributed by atoms with Crippen LogP contribution in [0.1, 0.15) is 28.7 Å². The monoisotopic (exact) mass is 414 g/mol. The number of carbonyl (C=O) groups excluding carboxylic acids is 1. The first-order valence-corrected chi connectivity index (χ1v) is 9.29. The Balaban J connectivity index is 2.27. The maximum absolute atomic E-state index is 11.5. The highest BCUT2D eigenvalue weighted by Gasteiger charge is 2.25. The van der Waals surface area contributed by atoms with Crippen molar-refractivity contribution in [2.24, 2.45) is 0 Å². The minimum atomic E-state index is -0.463. The van der Waals surface area contributed by atoms with E-state index in [2.05, 4.69) is 9.53 Å². The van der Waals surface area contributed by atoms with Gasteiger partial charge in [0.1, 0.15) is 0 Å². The van der Waals surface area contributed by atoms with Crippen molar-refractivity contribution < 1.29 is 33.3 Å². The van der Waals surface area contributed by atoms with Gasteiger partial charge in [-0.05, 0) is 24.5 Å². The van der Waals surface area contributed by atoms with Crippen LogP contribution in [-0.4, -0.2) is 45.6 Å². The van der Waals surface area contributed by atoms with E-state index in [0.29, 0.717) is 42.2 Å². The molecule has 8 heteroatoms. The highest BCUT2D eigenvalue weighted by Crippen LogP contribution is 2.49. The van der Waals surface area contributed by atoms with Crippen LogP contribution in [0, 0.1) is 6.92 Å². The maximum Gasteiger partial charge on any atom is 0.446 e. The molecule has 30 heavy (non-hydrogen) atoms. The molecule has 0 aromatic heterocycles. The number of benzene rings is 2. The maximum atomic E-state index is 11.5. The van der Waals surface area contributed by atoms with Gasteiger partial charge in [-0.2, -0.15) is 0 Å². The summed E-state index contributed by atoms with van der Waals surface area (Å²) < 4.78 is 26.8. The summed E-state index contributed by atoms with van der Waals surface area (Å²) in [4.78, 5) is 14.1. The third kappa shape index (κ3) is 5.10. The van der Waals surface area contributed by atoms with E-state index in [-0.39, 0.29) is 6.42 Å². The van der Waals surface area contributed by atoms with Crippen molar-refractivity contribution in [3.05, 3.63) is 52.1 Å². The van der Waals surface area contributed by atoms with Gasteiger partial charge in [0.05, 0.1) is 34.9 Å². The Labute approximate surface area is 175 Å². The normalized spacial score (nSPS) is 10.0. The van der Waals surface area contributed by atoms with E-state index >= 15 is 0 Å². The van der Waals surface area contributed by atoms with Crippen molar-refractivity contribution in [1.82, 2.24) is 0 Å². The van der Waals surface area contributed by atoms with E-state index in [9.17, 15) is 4.79 Å². The average molecular weight is 414 g/mol. The van der Waals surface area contributed by atoms with Crippen LogP contribution in [0.2, 0.25) is 0 Å². The minimum Gasteiger partial charge on any atom is -0.492 e. The molecule has 160 valence electrons. The Kier molecular flexibility index (Phi) is 8.26. The molecule has 0 saturated heterocycles. The number of ether oxygens (including phenoxy) is 5. The van der Waals surface area contributed by atoms with Crippen molar-refractivity contribution in [3.63, 3.8) is 0 Å². The molecule has 0 bridgehead atoms. The standard InChI is InChI=1S/C22H26N2O6/c1-14-17(20(27-3)22(29-5)21(28-4)19(14)26-2)12-16-8-6-15(7-9-16)10-11-18(25)30-13-24-23/h6-9,13H,10-12H2,1-5H3. The predicted molar refractivity (Wildman–Crippen MR) is 111 cm³/mol. The van der Waals surface area contributed by atoms with E-state index in [1.54, 1.807) is 28.4 Å². The van der Waals surface area contributed by atoms with E-state index in [0.717, 1.165) is 22.3 Å². The van der Waals surface area contributed by atoms with Crippen LogP contribution in [0.25, 0.3) is 5.53 Å². The zero-order chi connectivity index (χ0) is 22.1. The summed E-state index contributed by atoms with van der Waals surface area (Å²) >= 11 is 0. The molecule has 0 N–H and O–H groups in total. The highest BCUT2D eigenvalue weighted by molar-refractivity contribution is 5.76. The summed E-state index contributed by atoms with van der Waals surface area (Å²) in [5, 5.41) is 0. The van der Waals surface area contributed by atoms with Crippen LogP contribution in [0.5, 0.6) is 23.0 Å². The summed E-state index contributed by atoms with van der Waals surface area (Å²) in [5.41, 5.74) is 12.2. The van der Waals surface area contributed by atoms with E-state index in [1.165, 1.54) is 0 Å². The number of carbonyl (C=O) groups is 1. The Morgan fingerprint density at radius 3 is 1.97 bits per heavy atom. The van der Waals surface area contributed by atoms with Crippen molar-refractivity contribution in [3.8, 4) is 23.0 Å².